The lowest BCUT2D eigenvalue weighted by Gasteiger charge is -2.35. The van der Waals surface area contributed by atoms with E-state index in [-0.39, 0.29) is 31.4 Å². The molecule has 3 aliphatic rings. The van der Waals surface area contributed by atoms with Gasteiger partial charge in [-0.15, -0.1) is 0 Å². The second-order valence-corrected chi connectivity index (χ2v) is 11.3. The van der Waals surface area contributed by atoms with Gasteiger partial charge < -0.3 is 19.5 Å². The van der Waals surface area contributed by atoms with Crippen molar-refractivity contribution in [1.29, 1.82) is 0 Å². The molecule has 0 spiro atoms. The molecule has 33 heavy (non-hydrogen) atoms. The summed E-state index contributed by atoms with van der Waals surface area (Å²) in [5, 5.41) is 3.01. The number of carbonyl (C=O) groups excluding carboxylic acids is 1. The number of rotatable bonds is 10. The van der Waals surface area contributed by atoms with Gasteiger partial charge in [-0.1, -0.05) is 18.2 Å². The Balaban J connectivity index is 1.27. The highest BCUT2D eigenvalue weighted by atomic mass is 32.2. The Morgan fingerprint density at radius 3 is 2.70 bits per heavy atom. The third kappa shape index (κ3) is 6.54. The van der Waals surface area contributed by atoms with E-state index in [4.69, 9.17) is 14.2 Å². The summed E-state index contributed by atoms with van der Waals surface area (Å²) in [6, 6.07) is 7.78. The number of ether oxygens (including phenoxy) is 3. The molecule has 1 saturated carbocycles. The lowest BCUT2D eigenvalue weighted by atomic mass is 9.82. The summed E-state index contributed by atoms with van der Waals surface area (Å²) < 4.78 is 45.5. The van der Waals surface area contributed by atoms with E-state index >= 15 is 0 Å². The van der Waals surface area contributed by atoms with E-state index in [1.54, 1.807) is 0 Å². The molecule has 1 aliphatic carbocycles. The minimum absolute atomic E-state index is 0.0222. The predicted octanol–water partition coefficient (Wildman–Crippen LogP) is 2.14. The van der Waals surface area contributed by atoms with Crippen LogP contribution in [0.3, 0.4) is 0 Å². The molecule has 2 heterocycles. The van der Waals surface area contributed by atoms with Gasteiger partial charge in [0, 0.05) is 18.7 Å². The molecule has 9 heteroatoms. The van der Waals surface area contributed by atoms with Gasteiger partial charge in [-0.3, -0.25) is 4.79 Å². The summed E-state index contributed by atoms with van der Waals surface area (Å²) in [5.74, 6) is 1.19. The van der Waals surface area contributed by atoms with Crippen LogP contribution in [0.2, 0.25) is 0 Å². The molecule has 2 N–H and O–H groups in total. The van der Waals surface area contributed by atoms with Gasteiger partial charge in [0.25, 0.3) is 0 Å². The summed E-state index contributed by atoms with van der Waals surface area (Å²) in [5.41, 5.74) is 1.16. The fourth-order valence-electron chi connectivity index (χ4n) is 5.19. The SMILES string of the molecule is O=CCOc1ccccc1[C@H]1CC[C@@H](OC[C@@H]2NCCC[C@@H]2NS(=O)(=O)[C@@H]2CCOC2)CC1. The zero-order valence-corrected chi connectivity index (χ0v) is 19.9. The molecule has 0 bridgehead atoms. The number of benzene rings is 1. The third-order valence-corrected chi connectivity index (χ3v) is 8.96. The van der Waals surface area contributed by atoms with E-state index in [1.807, 2.05) is 18.2 Å². The van der Waals surface area contributed by atoms with Crippen molar-refractivity contribution in [2.24, 2.45) is 0 Å². The number of aldehydes is 1. The number of para-hydroxylation sites is 1. The van der Waals surface area contributed by atoms with Crippen molar-refractivity contribution < 1.29 is 27.4 Å². The third-order valence-electron chi connectivity index (χ3n) is 7.08. The molecule has 184 valence electrons. The predicted molar refractivity (Wildman–Crippen MR) is 125 cm³/mol. The van der Waals surface area contributed by atoms with Crippen molar-refractivity contribution in [3.63, 3.8) is 0 Å². The maximum Gasteiger partial charge on any atom is 0.217 e. The van der Waals surface area contributed by atoms with Gasteiger partial charge in [-0.2, -0.15) is 0 Å². The standard InChI is InChI=1S/C24H36N2O6S/c27-13-15-31-24-6-2-1-4-21(24)18-7-9-19(10-8-18)32-17-23-22(5-3-12-25-23)26-33(28,29)20-11-14-30-16-20/h1-2,4,6,13,18-20,22-23,25-26H,3,5,7-12,14-17H2/t18-,19+,20-,22+,23+/m1/s1. The van der Waals surface area contributed by atoms with E-state index < -0.39 is 15.3 Å². The van der Waals surface area contributed by atoms with E-state index in [1.165, 1.54) is 0 Å². The van der Waals surface area contributed by atoms with Crippen LogP contribution in [-0.4, -0.2) is 71.1 Å². The van der Waals surface area contributed by atoms with E-state index in [0.29, 0.717) is 25.6 Å². The molecule has 0 amide bonds. The van der Waals surface area contributed by atoms with Gasteiger partial charge in [-0.25, -0.2) is 13.1 Å². The highest BCUT2D eigenvalue weighted by molar-refractivity contribution is 7.90. The first-order valence-corrected chi connectivity index (χ1v) is 13.7. The van der Waals surface area contributed by atoms with E-state index in [0.717, 1.165) is 62.7 Å². The number of hydrogen-bond acceptors (Lipinski definition) is 7. The monoisotopic (exact) mass is 480 g/mol. The maximum absolute atomic E-state index is 12.7. The van der Waals surface area contributed by atoms with Crippen molar-refractivity contribution in [2.75, 3.05) is 33.0 Å². The minimum atomic E-state index is -3.39. The molecule has 3 atom stereocenters. The van der Waals surface area contributed by atoms with Crippen LogP contribution in [0, 0.1) is 0 Å². The molecule has 0 aromatic heterocycles. The fourth-order valence-corrected chi connectivity index (χ4v) is 6.77. The molecule has 1 aromatic rings. The molecule has 2 saturated heterocycles. The van der Waals surface area contributed by atoms with E-state index in [2.05, 4.69) is 16.1 Å². The van der Waals surface area contributed by atoms with Gasteiger partial charge in [-0.05, 0) is 69.0 Å². The zero-order chi connectivity index (χ0) is 23.1. The van der Waals surface area contributed by atoms with E-state index in [9.17, 15) is 13.2 Å². The Kier molecular flexibility index (Phi) is 8.76. The Morgan fingerprint density at radius 2 is 1.94 bits per heavy atom. The summed E-state index contributed by atoms with van der Waals surface area (Å²) in [4.78, 5) is 10.7. The highest BCUT2D eigenvalue weighted by Gasteiger charge is 2.35. The molecule has 4 rings (SSSR count). The van der Waals surface area contributed by atoms with Crippen LogP contribution < -0.4 is 14.8 Å². The smallest absolute Gasteiger partial charge is 0.217 e. The molecule has 8 nitrogen and oxygen atoms in total. The Bertz CT molecular complexity index is 865. The second kappa shape index (κ2) is 11.8. The zero-order valence-electron chi connectivity index (χ0n) is 19.1. The van der Waals surface area contributed by atoms with Crippen LogP contribution in [0.15, 0.2) is 24.3 Å². The number of nitrogens with one attached hydrogen (secondary N) is 2. The number of piperidine rings is 1. The maximum atomic E-state index is 12.7. The van der Waals surface area contributed by atoms with Gasteiger partial charge in [0.05, 0.1) is 19.3 Å². The van der Waals surface area contributed by atoms with Gasteiger partial charge in [0.2, 0.25) is 10.0 Å². The molecular formula is C24H36N2O6S. The Hall–Kier alpha value is -1.52. The number of sulfonamides is 1. The van der Waals surface area contributed by atoms with Crippen LogP contribution in [0.5, 0.6) is 5.75 Å². The summed E-state index contributed by atoms with van der Waals surface area (Å²) in [6.07, 6.45) is 7.18. The Morgan fingerprint density at radius 1 is 1.12 bits per heavy atom. The molecule has 3 fully saturated rings. The fraction of sp³-hybridized carbons (Fsp3) is 0.708. The first kappa shape index (κ1) is 24.6. The van der Waals surface area contributed by atoms with Crippen LogP contribution in [-0.2, 0) is 24.3 Å². The van der Waals surface area contributed by atoms with Crippen LogP contribution in [0.25, 0.3) is 0 Å². The van der Waals surface area contributed by atoms with Crippen LogP contribution >= 0.6 is 0 Å². The summed E-state index contributed by atoms with van der Waals surface area (Å²) in [7, 11) is -3.39. The van der Waals surface area contributed by atoms with Crippen molar-refractivity contribution in [2.45, 2.75) is 74.3 Å². The quantitative estimate of drug-likeness (QED) is 0.495. The lowest BCUT2D eigenvalue weighted by Crippen LogP contribution is -2.57. The second-order valence-electron chi connectivity index (χ2n) is 9.28. The number of hydrogen-bond donors (Lipinski definition) is 2. The van der Waals surface area contributed by atoms with Crippen molar-refractivity contribution in [3.05, 3.63) is 29.8 Å². The highest BCUT2D eigenvalue weighted by Crippen LogP contribution is 2.38. The minimum Gasteiger partial charge on any atom is -0.486 e. The topological polar surface area (TPSA) is 103 Å². The van der Waals surface area contributed by atoms with Gasteiger partial charge in [0.15, 0.2) is 6.29 Å². The molecule has 0 radical (unpaired) electrons. The van der Waals surface area contributed by atoms with Crippen molar-refractivity contribution in [1.82, 2.24) is 10.0 Å². The lowest BCUT2D eigenvalue weighted by molar-refractivity contribution is -0.109. The van der Waals surface area contributed by atoms with Crippen molar-refractivity contribution >= 4 is 16.3 Å². The summed E-state index contributed by atoms with van der Waals surface area (Å²) in [6.45, 7) is 2.25. The van der Waals surface area contributed by atoms with Crippen LogP contribution in [0.1, 0.15) is 56.4 Å². The Labute approximate surface area is 196 Å². The molecule has 1 aromatic carbocycles. The largest absolute Gasteiger partial charge is 0.486 e. The molecular weight excluding hydrogens is 444 g/mol. The summed E-state index contributed by atoms with van der Waals surface area (Å²) >= 11 is 0. The van der Waals surface area contributed by atoms with Crippen molar-refractivity contribution in [3.8, 4) is 5.75 Å². The average Bonchev–Trinajstić information content (AvgIpc) is 3.39. The first-order valence-electron chi connectivity index (χ1n) is 12.2. The average molecular weight is 481 g/mol. The van der Waals surface area contributed by atoms with Gasteiger partial charge in [0.1, 0.15) is 17.6 Å². The number of carbonyl (C=O) groups is 1. The molecule has 2 aliphatic heterocycles. The normalized spacial score (nSPS) is 30.7. The van der Waals surface area contributed by atoms with Gasteiger partial charge >= 0.3 is 0 Å². The molecule has 0 unspecified atom stereocenters. The first-order chi connectivity index (χ1) is 16.1. The van der Waals surface area contributed by atoms with Crippen LogP contribution in [0.4, 0.5) is 0 Å².